The molecule has 0 bridgehead atoms. The number of nitrogens with zero attached hydrogens (tertiary/aromatic N) is 1. The predicted molar refractivity (Wildman–Crippen MR) is 70.8 cm³/mol. The van der Waals surface area contributed by atoms with Crippen LogP contribution < -0.4 is 4.74 Å². The van der Waals surface area contributed by atoms with Crippen molar-refractivity contribution in [2.24, 2.45) is 0 Å². The minimum atomic E-state index is -0.338. The number of hydrogen-bond acceptors (Lipinski definition) is 4. The lowest BCUT2D eigenvalue weighted by molar-refractivity contribution is -0.142. The van der Waals surface area contributed by atoms with Gasteiger partial charge in [0.15, 0.2) is 0 Å². The summed E-state index contributed by atoms with van der Waals surface area (Å²) in [7, 11) is 1.55. The van der Waals surface area contributed by atoms with E-state index < -0.39 is 0 Å². The number of carbonyl (C=O) groups excluding carboxylic acids is 1. The first-order valence-corrected chi connectivity index (χ1v) is 6.13. The summed E-state index contributed by atoms with van der Waals surface area (Å²) in [5.74, 6) is 0.319. The van der Waals surface area contributed by atoms with E-state index in [0.717, 1.165) is 3.57 Å². The van der Waals surface area contributed by atoms with Gasteiger partial charge in [0.1, 0.15) is 5.75 Å². The fourth-order valence-electron chi connectivity index (χ4n) is 1.39. The van der Waals surface area contributed by atoms with E-state index in [-0.39, 0.29) is 12.4 Å². The maximum absolute atomic E-state index is 11.5. The van der Waals surface area contributed by atoms with Crippen molar-refractivity contribution in [2.45, 2.75) is 13.3 Å². The third-order valence-electron chi connectivity index (χ3n) is 2.17. The number of rotatable bonds is 4. The fourth-order valence-corrected chi connectivity index (χ4v) is 2.27. The van der Waals surface area contributed by atoms with Crippen molar-refractivity contribution < 1.29 is 14.3 Å². The molecule has 0 atom stereocenters. The van der Waals surface area contributed by atoms with Crippen molar-refractivity contribution in [2.75, 3.05) is 13.7 Å². The van der Waals surface area contributed by atoms with E-state index in [1.54, 1.807) is 26.2 Å². The van der Waals surface area contributed by atoms with E-state index in [9.17, 15) is 4.79 Å². The number of ether oxygens (including phenoxy) is 2. The van der Waals surface area contributed by atoms with Gasteiger partial charge in [0, 0.05) is 0 Å². The molecule has 90 valence electrons. The molecule has 0 unspecified atom stereocenters. The van der Waals surface area contributed by atoms with Crippen LogP contribution in [0.15, 0.2) is 12.1 Å². The number of benzene rings is 1. The van der Waals surface area contributed by atoms with Gasteiger partial charge in [-0.25, -0.2) is 0 Å². The molecule has 0 aliphatic carbocycles. The Morgan fingerprint density at radius 1 is 1.53 bits per heavy atom. The molecule has 0 N–H and O–H groups in total. The van der Waals surface area contributed by atoms with Gasteiger partial charge in [-0.2, -0.15) is 5.26 Å². The zero-order valence-electron chi connectivity index (χ0n) is 9.62. The second-order valence-electron chi connectivity index (χ2n) is 3.20. The van der Waals surface area contributed by atoms with Crippen LogP contribution in [0, 0.1) is 14.9 Å². The molecule has 0 aliphatic heterocycles. The van der Waals surface area contributed by atoms with Gasteiger partial charge in [-0.05, 0) is 47.2 Å². The van der Waals surface area contributed by atoms with Gasteiger partial charge in [-0.3, -0.25) is 4.79 Å². The molecule has 0 radical (unpaired) electrons. The first kappa shape index (κ1) is 13.8. The summed E-state index contributed by atoms with van der Waals surface area (Å²) in [6.45, 7) is 2.08. The minimum Gasteiger partial charge on any atom is -0.496 e. The van der Waals surface area contributed by atoms with E-state index in [2.05, 4.69) is 28.7 Å². The Balaban J connectivity index is 3.11. The SMILES string of the molecule is CCOC(=O)Cc1c(C#N)ccc(OC)c1I. The molecule has 0 aliphatic rings. The summed E-state index contributed by atoms with van der Waals surface area (Å²) < 4.78 is 10.8. The normalized spacial score (nSPS) is 9.53. The van der Waals surface area contributed by atoms with E-state index >= 15 is 0 Å². The van der Waals surface area contributed by atoms with Crippen LogP contribution in [0.2, 0.25) is 0 Å². The highest BCUT2D eigenvalue weighted by Crippen LogP contribution is 2.27. The zero-order valence-corrected chi connectivity index (χ0v) is 11.8. The summed E-state index contributed by atoms with van der Waals surface area (Å²) in [6, 6.07) is 5.43. The Morgan fingerprint density at radius 3 is 2.76 bits per heavy atom. The van der Waals surface area contributed by atoms with Gasteiger partial charge < -0.3 is 9.47 Å². The fraction of sp³-hybridized carbons (Fsp3) is 0.333. The maximum atomic E-state index is 11.5. The molecule has 0 spiro atoms. The number of hydrogen-bond donors (Lipinski definition) is 0. The Hall–Kier alpha value is -1.29. The standard InChI is InChI=1S/C12H12INO3/c1-3-17-11(15)6-9-8(7-14)4-5-10(16-2)12(9)13/h4-5H,3,6H2,1-2H3. The Bertz CT molecular complexity index is 466. The van der Waals surface area contributed by atoms with Crippen molar-refractivity contribution in [3.05, 3.63) is 26.8 Å². The molecule has 0 fully saturated rings. The third-order valence-corrected chi connectivity index (χ3v) is 3.36. The quantitative estimate of drug-likeness (QED) is 0.621. The predicted octanol–water partition coefficient (Wildman–Crippen LogP) is 2.28. The van der Waals surface area contributed by atoms with E-state index in [4.69, 9.17) is 14.7 Å². The molecular weight excluding hydrogens is 333 g/mol. The molecule has 1 aromatic carbocycles. The highest BCUT2D eigenvalue weighted by molar-refractivity contribution is 14.1. The lowest BCUT2D eigenvalue weighted by Crippen LogP contribution is -2.10. The van der Waals surface area contributed by atoms with Crippen LogP contribution in [0.3, 0.4) is 0 Å². The summed E-state index contributed by atoms with van der Waals surface area (Å²) in [5, 5.41) is 9.00. The summed E-state index contributed by atoms with van der Waals surface area (Å²) >= 11 is 2.07. The topological polar surface area (TPSA) is 59.3 Å². The number of methoxy groups -OCH3 is 1. The van der Waals surface area contributed by atoms with Crippen molar-refractivity contribution in [3.63, 3.8) is 0 Å². The molecule has 1 rings (SSSR count). The van der Waals surface area contributed by atoms with Crippen molar-refractivity contribution in [3.8, 4) is 11.8 Å². The number of nitriles is 1. The third kappa shape index (κ3) is 3.33. The zero-order chi connectivity index (χ0) is 12.8. The molecule has 4 nitrogen and oxygen atoms in total. The first-order chi connectivity index (χ1) is 8.13. The van der Waals surface area contributed by atoms with E-state index in [1.165, 1.54) is 0 Å². The van der Waals surface area contributed by atoms with Crippen LogP contribution in [0.4, 0.5) is 0 Å². The molecule has 0 aromatic heterocycles. The monoisotopic (exact) mass is 345 g/mol. The Kier molecular flexibility index (Phi) is 5.22. The second kappa shape index (κ2) is 6.45. The Morgan fingerprint density at radius 2 is 2.24 bits per heavy atom. The molecule has 0 saturated heterocycles. The lowest BCUT2D eigenvalue weighted by Gasteiger charge is -2.10. The van der Waals surface area contributed by atoms with E-state index in [0.29, 0.717) is 23.5 Å². The summed E-state index contributed by atoms with van der Waals surface area (Å²) in [5.41, 5.74) is 1.13. The largest absolute Gasteiger partial charge is 0.496 e. The number of esters is 1. The van der Waals surface area contributed by atoms with Crippen LogP contribution in [-0.4, -0.2) is 19.7 Å². The minimum absolute atomic E-state index is 0.0895. The Labute approximate surface area is 114 Å². The molecule has 0 heterocycles. The average molecular weight is 345 g/mol. The summed E-state index contributed by atoms with van der Waals surface area (Å²) in [4.78, 5) is 11.5. The summed E-state index contributed by atoms with van der Waals surface area (Å²) in [6.07, 6.45) is 0.0895. The van der Waals surface area contributed by atoms with Crippen LogP contribution in [-0.2, 0) is 16.0 Å². The van der Waals surface area contributed by atoms with Gasteiger partial charge in [0.25, 0.3) is 0 Å². The van der Waals surface area contributed by atoms with Crippen LogP contribution in [0.1, 0.15) is 18.1 Å². The number of carbonyl (C=O) groups is 1. The van der Waals surface area contributed by atoms with Crippen LogP contribution in [0.25, 0.3) is 0 Å². The van der Waals surface area contributed by atoms with Crippen LogP contribution in [0.5, 0.6) is 5.75 Å². The van der Waals surface area contributed by atoms with Gasteiger partial charge in [0.2, 0.25) is 0 Å². The molecule has 0 saturated carbocycles. The molecule has 17 heavy (non-hydrogen) atoms. The smallest absolute Gasteiger partial charge is 0.310 e. The highest BCUT2D eigenvalue weighted by atomic mass is 127. The maximum Gasteiger partial charge on any atom is 0.310 e. The van der Waals surface area contributed by atoms with E-state index in [1.807, 2.05) is 0 Å². The van der Waals surface area contributed by atoms with Gasteiger partial charge in [-0.15, -0.1) is 0 Å². The molecule has 1 aromatic rings. The van der Waals surface area contributed by atoms with Gasteiger partial charge in [0.05, 0.1) is 35.3 Å². The van der Waals surface area contributed by atoms with Crippen molar-refractivity contribution in [1.82, 2.24) is 0 Å². The molecule has 5 heteroatoms. The number of halogens is 1. The highest BCUT2D eigenvalue weighted by Gasteiger charge is 2.15. The van der Waals surface area contributed by atoms with Gasteiger partial charge >= 0.3 is 5.97 Å². The average Bonchev–Trinajstić information content (AvgIpc) is 2.32. The van der Waals surface area contributed by atoms with Crippen molar-refractivity contribution >= 4 is 28.6 Å². The second-order valence-corrected chi connectivity index (χ2v) is 4.28. The van der Waals surface area contributed by atoms with Crippen molar-refractivity contribution in [1.29, 1.82) is 5.26 Å². The molecular formula is C12H12INO3. The molecule has 0 amide bonds. The first-order valence-electron chi connectivity index (χ1n) is 5.05. The van der Waals surface area contributed by atoms with Crippen LogP contribution >= 0.6 is 22.6 Å². The lowest BCUT2D eigenvalue weighted by atomic mass is 10.1. The van der Waals surface area contributed by atoms with Gasteiger partial charge in [-0.1, -0.05) is 0 Å².